The fourth-order valence-electron chi connectivity index (χ4n) is 1.81. The van der Waals surface area contributed by atoms with Gasteiger partial charge in [-0.15, -0.1) is 22.9 Å². The average molecular weight is 341 g/mol. The van der Waals surface area contributed by atoms with Crippen LogP contribution in [0.2, 0.25) is 0 Å². The summed E-state index contributed by atoms with van der Waals surface area (Å²) in [6.45, 7) is 0.757. The average Bonchev–Trinajstić information content (AvgIpc) is 3.01. The molecule has 0 aliphatic carbocycles. The van der Waals surface area contributed by atoms with E-state index in [9.17, 15) is 4.79 Å². The molecule has 1 aromatic heterocycles. The van der Waals surface area contributed by atoms with Gasteiger partial charge in [-0.25, -0.2) is 4.98 Å². The predicted octanol–water partition coefficient (Wildman–Crippen LogP) is 3.98. The molecule has 0 aliphatic heterocycles. The molecule has 1 aromatic carbocycles. The number of carbonyl (C=O) groups is 1. The number of thioether (sulfide) groups is 1. The van der Waals surface area contributed by atoms with Crippen molar-refractivity contribution in [2.24, 2.45) is 0 Å². The number of benzene rings is 1. The minimum absolute atomic E-state index is 0.0520. The highest BCUT2D eigenvalue weighted by atomic mass is 35.5. The van der Waals surface area contributed by atoms with Gasteiger partial charge in [0.2, 0.25) is 0 Å². The maximum Gasteiger partial charge on any atom is 0.253 e. The first kappa shape index (κ1) is 16.3. The molecule has 0 aliphatic rings. The molecule has 2 aromatic rings. The third kappa shape index (κ3) is 4.22. The van der Waals surface area contributed by atoms with Gasteiger partial charge in [-0.3, -0.25) is 4.79 Å². The molecule has 3 nitrogen and oxygen atoms in total. The van der Waals surface area contributed by atoms with Crippen molar-refractivity contribution in [2.75, 3.05) is 25.6 Å². The minimum Gasteiger partial charge on any atom is -0.341 e. The summed E-state index contributed by atoms with van der Waals surface area (Å²) in [6, 6.07) is 7.59. The molecule has 0 N–H and O–H groups in total. The van der Waals surface area contributed by atoms with Crippen molar-refractivity contribution in [1.82, 2.24) is 9.88 Å². The number of hydrogen-bond acceptors (Lipinski definition) is 4. The monoisotopic (exact) mass is 340 g/mol. The van der Waals surface area contributed by atoms with Crippen LogP contribution in [0.4, 0.5) is 0 Å². The van der Waals surface area contributed by atoms with Crippen LogP contribution in [0.15, 0.2) is 29.6 Å². The Labute approximate surface area is 138 Å². The molecule has 0 atom stereocenters. The van der Waals surface area contributed by atoms with E-state index in [0.29, 0.717) is 11.4 Å². The largest absolute Gasteiger partial charge is 0.341 e. The van der Waals surface area contributed by atoms with E-state index >= 15 is 0 Å². The van der Waals surface area contributed by atoms with Gasteiger partial charge in [0.15, 0.2) is 0 Å². The lowest BCUT2D eigenvalue weighted by Gasteiger charge is -2.16. The zero-order valence-corrected chi connectivity index (χ0v) is 14.4. The van der Waals surface area contributed by atoms with Crippen molar-refractivity contribution >= 4 is 40.6 Å². The lowest BCUT2D eigenvalue weighted by Crippen LogP contribution is -2.28. The summed E-state index contributed by atoms with van der Waals surface area (Å²) in [5.74, 6) is 1.42. The van der Waals surface area contributed by atoms with E-state index < -0.39 is 0 Å². The fraction of sp³-hybridized carbons (Fsp3) is 0.333. The summed E-state index contributed by atoms with van der Waals surface area (Å²) in [7, 11) is 1.83. The molecule has 0 saturated carbocycles. The van der Waals surface area contributed by atoms with Gasteiger partial charge in [0.05, 0.1) is 11.6 Å². The third-order valence-electron chi connectivity index (χ3n) is 3.04. The van der Waals surface area contributed by atoms with Gasteiger partial charge in [-0.05, 0) is 18.4 Å². The number of carbonyl (C=O) groups excluding carboxylic acids is 1. The summed E-state index contributed by atoms with van der Waals surface area (Å²) in [6.07, 6.45) is 2.04. The van der Waals surface area contributed by atoms with Crippen LogP contribution in [-0.2, 0) is 5.88 Å². The van der Waals surface area contributed by atoms with Gasteiger partial charge in [0.25, 0.3) is 5.91 Å². The van der Waals surface area contributed by atoms with Gasteiger partial charge < -0.3 is 4.90 Å². The summed E-state index contributed by atoms with van der Waals surface area (Å²) >= 11 is 9.06. The molecule has 0 unspecified atom stereocenters. The number of alkyl halides is 1. The second-order valence-corrected chi connectivity index (χ2v) is 6.69. The van der Waals surface area contributed by atoms with Crippen molar-refractivity contribution in [3.63, 3.8) is 0 Å². The van der Waals surface area contributed by atoms with Crippen molar-refractivity contribution < 1.29 is 4.79 Å². The first-order chi connectivity index (χ1) is 10.2. The molecule has 1 heterocycles. The molecule has 2 rings (SSSR count). The Kier molecular flexibility index (Phi) is 6.08. The standard InChI is InChI=1S/C15H17ClN2OS2/c1-18(7-8-20-2)15(19)12-5-3-11(4-6-12)14-17-13(9-16)10-21-14/h3-6,10H,7-9H2,1-2H3. The summed E-state index contributed by atoms with van der Waals surface area (Å²) in [5, 5.41) is 2.89. The fourth-order valence-corrected chi connectivity index (χ4v) is 3.32. The van der Waals surface area contributed by atoms with Crippen LogP contribution in [0.3, 0.4) is 0 Å². The predicted molar refractivity (Wildman–Crippen MR) is 92.4 cm³/mol. The highest BCUT2D eigenvalue weighted by molar-refractivity contribution is 7.98. The van der Waals surface area contributed by atoms with Crippen molar-refractivity contribution in [3.05, 3.63) is 40.9 Å². The molecule has 6 heteroatoms. The summed E-state index contributed by atoms with van der Waals surface area (Å²) < 4.78 is 0. The molecule has 0 saturated heterocycles. The molecule has 21 heavy (non-hydrogen) atoms. The lowest BCUT2D eigenvalue weighted by molar-refractivity contribution is 0.0804. The smallest absolute Gasteiger partial charge is 0.253 e. The van der Waals surface area contributed by atoms with E-state index in [4.69, 9.17) is 11.6 Å². The Hall–Kier alpha value is -1.04. The van der Waals surface area contributed by atoms with Crippen LogP contribution >= 0.6 is 34.7 Å². The highest BCUT2D eigenvalue weighted by Crippen LogP contribution is 2.24. The quantitative estimate of drug-likeness (QED) is 0.746. The summed E-state index contributed by atoms with van der Waals surface area (Å²) in [4.78, 5) is 18.4. The minimum atomic E-state index is 0.0520. The zero-order chi connectivity index (χ0) is 15.2. The Bertz CT molecular complexity index is 598. The first-order valence-corrected chi connectivity index (χ1v) is 9.31. The number of aromatic nitrogens is 1. The Morgan fingerprint density at radius 2 is 2.10 bits per heavy atom. The van der Waals surface area contributed by atoms with Crippen LogP contribution < -0.4 is 0 Å². The van der Waals surface area contributed by atoms with E-state index in [1.54, 1.807) is 28.0 Å². The third-order valence-corrected chi connectivity index (χ3v) is 4.85. The van der Waals surface area contributed by atoms with Crippen LogP contribution in [0.25, 0.3) is 10.6 Å². The molecule has 0 bridgehead atoms. The second-order valence-electron chi connectivity index (χ2n) is 4.57. The van der Waals surface area contributed by atoms with Crippen LogP contribution in [0.5, 0.6) is 0 Å². The molecule has 0 spiro atoms. The number of rotatable bonds is 6. The lowest BCUT2D eigenvalue weighted by atomic mass is 10.1. The van der Waals surface area contributed by atoms with Crippen molar-refractivity contribution in [1.29, 1.82) is 0 Å². The molecule has 1 amide bonds. The summed E-state index contributed by atoms with van der Waals surface area (Å²) in [5.41, 5.74) is 2.60. The van der Waals surface area contributed by atoms with Crippen LogP contribution in [0, 0.1) is 0 Å². The molecule has 0 radical (unpaired) electrons. The normalized spacial score (nSPS) is 10.6. The number of nitrogens with zero attached hydrogens (tertiary/aromatic N) is 2. The van der Waals surface area contributed by atoms with Crippen LogP contribution in [0.1, 0.15) is 16.1 Å². The maximum atomic E-state index is 12.2. The maximum absolute atomic E-state index is 12.2. The van der Waals surface area contributed by atoms with E-state index in [0.717, 1.165) is 28.6 Å². The number of amides is 1. The van der Waals surface area contributed by atoms with E-state index in [1.807, 2.05) is 42.9 Å². The molecular weight excluding hydrogens is 324 g/mol. The molecule has 0 fully saturated rings. The number of halogens is 1. The van der Waals surface area contributed by atoms with Crippen LogP contribution in [-0.4, -0.2) is 41.4 Å². The zero-order valence-electron chi connectivity index (χ0n) is 12.0. The molecule has 112 valence electrons. The van der Waals surface area contributed by atoms with Gasteiger partial charge in [-0.1, -0.05) is 12.1 Å². The Morgan fingerprint density at radius 1 is 1.38 bits per heavy atom. The van der Waals surface area contributed by atoms with Gasteiger partial charge >= 0.3 is 0 Å². The highest BCUT2D eigenvalue weighted by Gasteiger charge is 2.12. The van der Waals surface area contributed by atoms with Gasteiger partial charge in [0.1, 0.15) is 5.01 Å². The van der Waals surface area contributed by atoms with Crippen molar-refractivity contribution in [2.45, 2.75) is 5.88 Å². The van der Waals surface area contributed by atoms with Gasteiger partial charge in [0, 0.05) is 35.9 Å². The first-order valence-electron chi connectivity index (χ1n) is 6.51. The van der Waals surface area contributed by atoms with Gasteiger partial charge in [-0.2, -0.15) is 11.8 Å². The SMILES string of the molecule is CSCCN(C)C(=O)c1ccc(-c2nc(CCl)cs2)cc1. The Balaban J connectivity index is 2.09. The topological polar surface area (TPSA) is 33.2 Å². The second kappa shape index (κ2) is 7.82. The Morgan fingerprint density at radius 3 is 2.67 bits per heavy atom. The van der Waals surface area contributed by atoms with E-state index in [1.165, 1.54) is 0 Å². The van der Waals surface area contributed by atoms with E-state index in [-0.39, 0.29) is 5.91 Å². The van der Waals surface area contributed by atoms with E-state index in [2.05, 4.69) is 4.98 Å². The molecular formula is C15H17ClN2OS2. The van der Waals surface area contributed by atoms with Crippen molar-refractivity contribution in [3.8, 4) is 10.6 Å². The number of thiazole rings is 1. The number of hydrogen-bond donors (Lipinski definition) is 0.